The van der Waals surface area contributed by atoms with E-state index in [9.17, 15) is 9.59 Å². The zero-order valence-corrected chi connectivity index (χ0v) is 14.1. The third-order valence-corrected chi connectivity index (χ3v) is 4.17. The largest absolute Gasteiger partial charge is 0.333 e. The summed E-state index contributed by atoms with van der Waals surface area (Å²) in [4.78, 5) is 25.8. The molecule has 3 amide bonds. The number of nitrogens with one attached hydrogen (secondary N) is 2. The number of amides is 3. The number of anilines is 2. The lowest BCUT2D eigenvalue weighted by molar-refractivity contribution is -0.117. The fraction of sp³-hybridized carbons (Fsp3) is 0.176. The normalized spacial score (nSPS) is 17.0. The third kappa shape index (κ3) is 3.99. The van der Waals surface area contributed by atoms with Crippen LogP contribution in [0, 0.1) is 0 Å². The second-order valence-corrected chi connectivity index (χ2v) is 6.36. The molecule has 7 heteroatoms. The van der Waals surface area contributed by atoms with Crippen molar-refractivity contribution in [2.45, 2.75) is 12.5 Å². The summed E-state index contributed by atoms with van der Waals surface area (Å²) in [5.41, 5.74) is 1.36. The third-order valence-electron chi connectivity index (χ3n) is 3.68. The van der Waals surface area contributed by atoms with Gasteiger partial charge in [-0.2, -0.15) is 0 Å². The molecule has 1 unspecified atom stereocenters. The van der Waals surface area contributed by atoms with Gasteiger partial charge in [-0.15, -0.1) is 0 Å². The van der Waals surface area contributed by atoms with Crippen molar-refractivity contribution < 1.29 is 9.59 Å². The van der Waals surface area contributed by atoms with E-state index in [0.717, 1.165) is 5.69 Å². The molecule has 0 bridgehead atoms. The van der Waals surface area contributed by atoms with Crippen LogP contribution in [0.1, 0.15) is 6.42 Å². The van der Waals surface area contributed by atoms with Gasteiger partial charge >= 0.3 is 6.03 Å². The molecule has 0 radical (unpaired) electrons. The molecule has 1 saturated heterocycles. The van der Waals surface area contributed by atoms with E-state index in [1.165, 1.54) is 0 Å². The van der Waals surface area contributed by atoms with E-state index in [0.29, 0.717) is 22.3 Å². The van der Waals surface area contributed by atoms with Crippen LogP contribution in [0.4, 0.5) is 16.2 Å². The first-order valence-corrected chi connectivity index (χ1v) is 8.16. The Morgan fingerprint density at radius 2 is 1.83 bits per heavy atom. The average molecular weight is 364 g/mol. The number of hydrogen-bond acceptors (Lipinski definition) is 2. The molecule has 0 aromatic heterocycles. The Kier molecular flexibility index (Phi) is 4.92. The Morgan fingerprint density at radius 1 is 1.08 bits per heavy atom. The van der Waals surface area contributed by atoms with Crippen molar-refractivity contribution in [3.8, 4) is 0 Å². The highest BCUT2D eigenvalue weighted by Gasteiger charge is 2.31. The van der Waals surface area contributed by atoms with E-state index in [2.05, 4.69) is 10.6 Å². The molecule has 3 rings (SSSR count). The van der Waals surface area contributed by atoms with Gasteiger partial charge in [-0.1, -0.05) is 29.3 Å². The SMILES string of the molecule is O=C(Nc1ccc(Cl)cc1)NC1CC(=O)N(c2cccc(Cl)c2)C1. The maximum atomic E-state index is 12.2. The molecule has 0 saturated carbocycles. The van der Waals surface area contributed by atoms with Gasteiger partial charge in [0, 0.05) is 34.4 Å². The highest BCUT2D eigenvalue weighted by Crippen LogP contribution is 2.24. The lowest BCUT2D eigenvalue weighted by Gasteiger charge is -2.17. The molecule has 24 heavy (non-hydrogen) atoms. The number of nitrogens with zero attached hydrogens (tertiary/aromatic N) is 1. The van der Waals surface area contributed by atoms with Crippen LogP contribution < -0.4 is 15.5 Å². The summed E-state index contributed by atoms with van der Waals surface area (Å²) in [6.07, 6.45) is 0.251. The van der Waals surface area contributed by atoms with Crippen LogP contribution in [-0.2, 0) is 4.79 Å². The van der Waals surface area contributed by atoms with Gasteiger partial charge in [0.15, 0.2) is 0 Å². The topological polar surface area (TPSA) is 61.4 Å². The van der Waals surface area contributed by atoms with Gasteiger partial charge in [-0.05, 0) is 42.5 Å². The predicted octanol–water partition coefficient (Wildman–Crippen LogP) is 3.92. The highest BCUT2D eigenvalue weighted by atomic mass is 35.5. The van der Waals surface area contributed by atoms with Gasteiger partial charge in [0.1, 0.15) is 0 Å². The van der Waals surface area contributed by atoms with Gasteiger partial charge in [0.2, 0.25) is 5.91 Å². The van der Waals surface area contributed by atoms with Gasteiger partial charge in [0.25, 0.3) is 0 Å². The smallest absolute Gasteiger partial charge is 0.319 e. The number of carbonyl (C=O) groups excluding carboxylic acids is 2. The van der Waals surface area contributed by atoms with Crippen molar-refractivity contribution in [3.05, 3.63) is 58.6 Å². The fourth-order valence-corrected chi connectivity index (χ4v) is 2.89. The van der Waals surface area contributed by atoms with Gasteiger partial charge in [0.05, 0.1) is 6.04 Å². The maximum absolute atomic E-state index is 12.2. The Bertz CT molecular complexity index is 765. The zero-order valence-electron chi connectivity index (χ0n) is 12.6. The van der Waals surface area contributed by atoms with E-state index in [4.69, 9.17) is 23.2 Å². The first-order valence-electron chi connectivity index (χ1n) is 7.40. The minimum atomic E-state index is -0.358. The standard InChI is InChI=1S/C17H15Cl2N3O2/c18-11-4-6-13(7-5-11)20-17(24)21-14-9-16(23)22(10-14)15-3-1-2-12(19)8-15/h1-8,14H,9-10H2,(H2,20,21,24). The first-order chi connectivity index (χ1) is 11.5. The summed E-state index contributed by atoms with van der Waals surface area (Å²) < 4.78 is 0. The molecular weight excluding hydrogens is 349 g/mol. The molecule has 2 aromatic rings. The van der Waals surface area contributed by atoms with Gasteiger partial charge < -0.3 is 15.5 Å². The molecule has 1 fully saturated rings. The zero-order chi connectivity index (χ0) is 17.1. The van der Waals surface area contributed by atoms with Crippen molar-refractivity contribution in [3.63, 3.8) is 0 Å². The van der Waals surface area contributed by atoms with Crippen LogP contribution in [0.5, 0.6) is 0 Å². The molecule has 124 valence electrons. The van der Waals surface area contributed by atoms with Crippen molar-refractivity contribution in [1.82, 2.24) is 5.32 Å². The molecule has 0 spiro atoms. The summed E-state index contributed by atoms with van der Waals surface area (Å²) in [5.74, 6) is -0.0472. The predicted molar refractivity (Wildman–Crippen MR) is 95.8 cm³/mol. The number of carbonyl (C=O) groups is 2. The van der Waals surface area contributed by atoms with E-state index in [1.807, 2.05) is 6.07 Å². The Balaban J connectivity index is 1.59. The second-order valence-electron chi connectivity index (χ2n) is 5.49. The Morgan fingerprint density at radius 3 is 2.54 bits per heavy atom. The molecule has 1 atom stereocenters. The molecule has 1 aliphatic rings. The molecule has 5 nitrogen and oxygen atoms in total. The van der Waals surface area contributed by atoms with E-state index in [-0.39, 0.29) is 24.4 Å². The summed E-state index contributed by atoms with van der Waals surface area (Å²) in [6.45, 7) is 0.410. The van der Waals surface area contributed by atoms with Crippen molar-refractivity contribution >= 4 is 46.5 Å². The number of rotatable bonds is 3. The van der Waals surface area contributed by atoms with Crippen LogP contribution in [0.2, 0.25) is 10.0 Å². The van der Waals surface area contributed by atoms with Gasteiger partial charge in [-0.25, -0.2) is 4.79 Å². The van der Waals surface area contributed by atoms with Crippen LogP contribution in [0.25, 0.3) is 0 Å². The van der Waals surface area contributed by atoms with Crippen LogP contribution in [0.3, 0.4) is 0 Å². The number of urea groups is 1. The summed E-state index contributed by atoms with van der Waals surface area (Å²) in [6, 6.07) is 13.3. The highest BCUT2D eigenvalue weighted by molar-refractivity contribution is 6.31. The number of benzene rings is 2. The minimum absolute atomic E-state index is 0.0472. The molecule has 1 heterocycles. The summed E-state index contributed by atoms with van der Waals surface area (Å²) in [7, 11) is 0. The van der Waals surface area contributed by atoms with Gasteiger partial charge in [-0.3, -0.25) is 4.79 Å². The van der Waals surface area contributed by atoms with Crippen molar-refractivity contribution in [1.29, 1.82) is 0 Å². The maximum Gasteiger partial charge on any atom is 0.319 e. The fourth-order valence-electron chi connectivity index (χ4n) is 2.58. The van der Waals surface area contributed by atoms with Crippen LogP contribution >= 0.6 is 23.2 Å². The Hall–Kier alpha value is -2.24. The van der Waals surface area contributed by atoms with Crippen LogP contribution in [-0.4, -0.2) is 24.5 Å². The quantitative estimate of drug-likeness (QED) is 0.867. The summed E-state index contributed by atoms with van der Waals surface area (Å²) in [5, 5.41) is 6.69. The molecule has 2 aromatic carbocycles. The molecular formula is C17H15Cl2N3O2. The first kappa shape index (κ1) is 16.6. The molecule has 1 aliphatic heterocycles. The lowest BCUT2D eigenvalue weighted by Crippen LogP contribution is -2.39. The minimum Gasteiger partial charge on any atom is -0.333 e. The second kappa shape index (κ2) is 7.11. The number of hydrogen-bond donors (Lipinski definition) is 2. The van der Waals surface area contributed by atoms with Crippen molar-refractivity contribution in [2.24, 2.45) is 0 Å². The van der Waals surface area contributed by atoms with E-state index in [1.54, 1.807) is 47.4 Å². The van der Waals surface area contributed by atoms with E-state index >= 15 is 0 Å². The molecule has 0 aliphatic carbocycles. The lowest BCUT2D eigenvalue weighted by atomic mass is 10.2. The average Bonchev–Trinajstić information content (AvgIpc) is 2.90. The number of halogens is 2. The van der Waals surface area contributed by atoms with Crippen LogP contribution in [0.15, 0.2) is 48.5 Å². The van der Waals surface area contributed by atoms with Crippen molar-refractivity contribution in [2.75, 3.05) is 16.8 Å². The van der Waals surface area contributed by atoms with E-state index < -0.39 is 0 Å². The monoisotopic (exact) mass is 363 g/mol. The molecule has 2 N–H and O–H groups in total. The summed E-state index contributed by atoms with van der Waals surface area (Å²) >= 11 is 11.8. The Labute approximate surface area is 149 Å².